The van der Waals surface area contributed by atoms with E-state index in [0.29, 0.717) is 30.8 Å². The summed E-state index contributed by atoms with van der Waals surface area (Å²) in [6.07, 6.45) is 4.24. The highest BCUT2D eigenvalue weighted by Gasteiger charge is 2.34. The lowest BCUT2D eigenvalue weighted by Crippen LogP contribution is -2.36. The minimum Gasteiger partial charge on any atom is -0.492 e. The highest BCUT2D eigenvalue weighted by molar-refractivity contribution is 5.28. The van der Waals surface area contributed by atoms with E-state index in [4.69, 9.17) is 4.74 Å². The molecule has 0 unspecified atom stereocenters. The molecule has 1 N–H and O–H groups in total. The number of nitrogens with zero attached hydrogens (tertiary/aromatic N) is 1. The molecule has 0 aliphatic carbocycles. The summed E-state index contributed by atoms with van der Waals surface area (Å²) in [7, 11) is 0. The average molecular weight is 224 g/mol. The van der Waals surface area contributed by atoms with Crippen molar-refractivity contribution in [2.75, 3.05) is 19.7 Å². The van der Waals surface area contributed by atoms with Crippen molar-refractivity contribution in [3.05, 3.63) is 24.0 Å². The molecule has 0 bridgehead atoms. The van der Waals surface area contributed by atoms with E-state index >= 15 is 0 Å². The minimum absolute atomic E-state index is 0.504. The zero-order valence-corrected chi connectivity index (χ0v) is 9.50. The average Bonchev–Trinajstić information content (AvgIpc) is 2.31. The van der Waals surface area contributed by atoms with Crippen LogP contribution < -0.4 is 10.1 Å². The first kappa shape index (κ1) is 11.3. The standard InChI is InChI=1S/C12H17FN2O/c1-2-16-11-7-10(8-15-9-11)12(13)3-5-14-6-4-12/h7-9,14H,2-6H2,1H3. The molecular formula is C12H17FN2O. The lowest BCUT2D eigenvalue weighted by atomic mass is 9.88. The number of rotatable bonds is 3. The molecule has 0 atom stereocenters. The molecule has 4 heteroatoms. The van der Waals surface area contributed by atoms with Crippen LogP contribution in [0.2, 0.25) is 0 Å². The van der Waals surface area contributed by atoms with Crippen molar-refractivity contribution in [3.8, 4) is 5.75 Å². The first-order chi connectivity index (χ1) is 7.74. The molecule has 3 nitrogen and oxygen atoms in total. The molecule has 0 saturated carbocycles. The van der Waals surface area contributed by atoms with E-state index in [-0.39, 0.29) is 0 Å². The van der Waals surface area contributed by atoms with Gasteiger partial charge in [-0.15, -0.1) is 0 Å². The lowest BCUT2D eigenvalue weighted by molar-refractivity contribution is 0.114. The van der Waals surface area contributed by atoms with Gasteiger partial charge in [-0.25, -0.2) is 4.39 Å². The Hall–Kier alpha value is -1.16. The fourth-order valence-electron chi connectivity index (χ4n) is 2.02. The monoisotopic (exact) mass is 224 g/mol. The van der Waals surface area contributed by atoms with Gasteiger partial charge in [0, 0.05) is 11.8 Å². The van der Waals surface area contributed by atoms with Gasteiger partial charge in [-0.3, -0.25) is 4.98 Å². The number of piperidine rings is 1. The van der Waals surface area contributed by atoms with E-state index < -0.39 is 5.67 Å². The highest BCUT2D eigenvalue weighted by atomic mass is 19.1. The molecule has 2 rings (SSSR count). The molecule has 0 amide bonds. The maximum Gasteiger partial charge on any atom is 0.140 e. The third-order valence-corrected chi connectivity index (χ3v) is 2.94. The third-order valence-electron chi connectivity index (χ3n) is 2.94. The molecule has 1 aromatic rings. The third kappa shape index (κ3) is 2.32. The van der Waals surface area contributed by atoms with Crippen LogP contribution >= 0.6 is 0 Å². The topological polar surface area (TPSA) is 34.1 Å². The Labute approximate surface area is 95.0 Å². The van der Waals surface area contributed by atoms with Crippen molar-refractivity contribution in [1.29, 1.82) is 0 Å². The van der Waals surface area contributed by atoms with Crippen molar-refractivity contribution in [3.63, 3.8) is 0 Å². The molecule has 16 heavy (non-hydrogen) atoms. The quantitative estimate of drug-likeness (QED) is 0.853. The fourth-order valence-corrected chi connectivity index (χ4v) is 2.02. The zero-order valence-electron chi connectivity index (χ0n) is 9.50. The summed E-state index contributed by atoms with van der Waals surface area (Å²) >= 11 is 0. The van der Waals surface area contributed by atoms with Crippen LogP contribution in [-0.2, 0) is 5.67 Å². The van der Waals surface area contributed by atoms with E-state index in [0.717, 1.165) is 13.1 Å². The summed E-state index contributed by atoms with van der Waals surface area (Å²) in [5.74, 6) is 0.649. The number of nitrogens with one attached hydrogen (secondary N) is 1. The number of hydrogen-bond donors (Lipinski definition) is 1. The maximum absolute atomic E-state index is 14.6. The van der Waals surface area contributed by atoms with Gasteiger partial charge in [-0.1, -0.05) is 0 Å². The summed E-state index contributed by atoms with van der Waals surface area (Å²) in [5, 5.41) is 3.16. The van der Waals surface area contributed by atoms with Crippen LogP contribution in [0.3, 0.4) is 0 Å². The van der Waals surface area contributed by atoms with Crippen LogP contribution in [-0.4, -0.2) is 24.7 Å². The smallest absolute Gasteiger partial charge is 0.140 e. The molecule has 0 spiro atoms. The first-order valence-corrected chi connectivity index (χ1v) is 5.72. The molecule has 88 valence electrons. The molecule has 0 radical (unpaired) electrons. The van der Waals surface area contributed by atoms with Crippen molar-refractivity contribution in [1.82, 2.24) is 10.3 Å². The molecule has 0 aromatic carbocycles. The van der Waals surface area contributed by atoms with Crippen molar-refractivity contribution >= 4 is 0 Å². The molecule has 1 aromatic heterocycles. The van der Waals surface area contributed by atoms with E-state index in [1.165, 1.54) is 0 Å². The lowest BCUT2D eigenvalue weighted by Gasteiger charge is -2.30. The summed E-state index contributed by atoms with van der Waals surface area (Å²) in [6, 6.07) is 1.77. The normalized spacial score (nSPS) is 19.4. The molecular weight excluding hydrogens is 207 g/mol. The Bertz CT molecular complexity index is 351. The molecule has 1 fully saturated rings. The Morgan fingerprint density at radius 3 is 2.88 bits per heavy atom. The van der Waals surface area contributed by atoms with Gasteiger partial charge >= 0.3 is 0 Å². The summed E-state index contributed by atoms with van der Waals surface area (Å²) in [5.41, 5.74) is -0.606. The van der Waals surface area contributed by atoms with Gasteiger partial charge in [0.1, 0.15) is 11.4 Å². The number of alkyl halides is 1. The SMILES string of the molecule is CCOc1cncc(C2(F)CCNCC2)c1. The van der Waals surface area contributed by atoms with E-state index in [1.54, 1.807) is 18.5 Å². The summed E-state index contributed by atoms with van der Waals surface area (Å²) in [6.45, 7) is 3.92. The van der Waals surface area contributed by atoms with Gasteiger partial charge < -0.3 is 10.1 Å². The second-order valence-electron chi connectivity index (χ2n) is 4.06. The van der Waals surface area contributed by atoms with Gasteiger partial charge in [0.15, 0.2) is 0 Å². The summed E-state index contributed by atoms with van der Waals surface area (Å²) < 4.78 is 19.9. The number of aromatic nitrogens is 1. The van der Waals surface area contributed by atoms with Crippen molar-refractivity contribution < 1.29 is 9.13 Å². The van der Waals surface area contributed by atoms with Crippen LogP contribution in [0.4, 0.5) is 4.39 Å². The Balaban J connectivity index is 2.21. The largest absolute Gasteiger partial charge is 0.492 e. The predicted octanol–water partition coefficient (Wildman–Crippen LogP) is 2.03. The van der Waals surface area contributed by atoms with Gasteiger partial charge in [0.2, 0.25) is 0 Å². The number of pyridine rings is 1. The van der Waals surface area contributed by atoms with E-state index in [2.05, 4.69) is 10.3 Å². The maximum atomic E-state index is 14.6. The Morgan fingerprint density at radius 2 is 2.19 bits per heavy atom. The Kier molecular flexibility index (Phi) is 3.39. The highest BCUT2D eigenvalue weighted by Crippen LogP contribution is 2.35. The number of halogens is 1. The van der Waals surface area contributed by atoms with Crippen LogP contribution in [0, 0.1) is 0 Å². The number of hydrogen-bond acceptors (Lipinski definition) is 3. The minimum atomic E-state index is -1.24. The Morgan fingerprint density at radius 1 is 1.44 bits per heavy atom. The molecule has 1 saturated heterocycles. The van der Waals surface area contributed by atoms with Gasteiger partial charge in [0.05, 0.1) is 12.8 Å². The fraction of sp³-hybridized carbons (Fsp3) is 0.583. The summed E-state index contributed by atoms with van der Waals surface area (Å²) in [4.78, 5) is 4.04. The predicted molar refractivity (Wildman–Crippen MR) is 60.3 cm³/mol. The number of ether oxygens (including phenoxy) is 1. The van der Waals surface area contributed by atoms with Crippen LogP contribution in [0.5, 0.6) is 5.75 Å². The van der Waals surface area contributed by atoms with Crippen molar-refractivity contribution in [2.24, 2.45) is 0 Å². The van der Waals surface area contributed by atoms with Gasteiger partial charge in [0.25, 0.3) is 0 Å². The second-order valence-corrected chi connectivity index (χ2v) is 4.06. The van der Waals surface area contributed by atoms with Crippen LogP contribution in [0.15, 0.2) is 18.5 Å². The zero-order chi connectivity index (χ0) is 11.4. The van der Waals surface area contributed by atoms with Gasteiger partial charge in [-0.05, 0) is 38.9 Å². The van der Waals surface area contributed by atoms with Crippen LogP contribution in [0.25, 0.3) is 0 Å². The molecule has 2 heterocycles. The van der Waals surface area contributed by atoms with Gasteiger partial charge in [-0.2, -0.15) is 0 Å². The van der Waals surface area contributed by atoms with Crippen LogP contribution in [0.1, 0.15) is 25.3 Å². The molecule has 1 aliphatic rings. The van der Waals surface area contributed by atoms with E-state index in [1.807, 2.05) is 6.92 Å². The van der Waals surface area contributed by atoms with E-state index in [9.17, 15) is 4.39 Å². The molecule has 1 aliphatic heterocycles. The van der Waals surface area contributed by atoms with Crippen molar-refractivity contribution in [2.45, 2.75) is 25.4 Å². The second kappa shape index (κ2) is 4.78. The first-order valence-electron chi connectivity index (χ1n) is 5.72.